The first kappa shape index (κ1) is 20.5. The van der Waals surface area contributed by atoms with Crippen LogP contribution in [0.2, 0.25) is 0 Å². The van der Waals surface area contributed by atoms with E-state index >= 15 is 0 Å². The van der Waals surface area contributed by atoms with Crippen molar-refractivity contribution in [3.63, 3.8) is 0 Å². The molecule has 2 N–H and O–H groups in total. The van der Waals surface area contributed by atoms with Gasteiger partial charge >= 0.3 is 6.03 Å². The molecule has 0 saturated heterocycles. The van der Waals surface area contributed by atoms with Gasteiger partial charge in [0.2, 0.25) is 5.91 Å². The summed E-state index contributed by atoms with van der Waals surface area (Å²) in [6, 6.07) is 6.30. The highest BCUT2D eigenvalue weighted by Crippen LogP contribution is 2.40. The number of carbonyl (C=O) groups excluding carboxylic acids is 2. The maximum atomic E-state index is 12.2. The predicted molar refractivity (Wildman–Crippen MR) is 114 cm³/mol. The summed E-state index contributed by atoms with van der Waals surface area (Å²) in [4.78, 5) is 37.2. The number of imide groups is 1. The Kier molecular flexibility index (Phi) is 5.41. The van der Waals surface area contributed by atoms with Gasteiger partial charge in [-0.1, -0.05) is 13.3 Å². The van der Waals surface area contributed by atoms with Gasteiger partial charge in [0.1, 0.15) is 29.5 Å². The lowest BCUT2D eigenvalue weighted by atomic mass is 9.70. The Morgan fingerprint density at radius 2 is 1.97 bits per heavy atom. The molecule has 3 amide bonds. The molecule has 0 radical (unpaired) electrons. The van der Waals surface area contributed by atoms with Gasteiger partial charge in [-0.05, 0) is 44.9 Å². The van der Waals surface area contributed by atoms with E-state index in [1.807, 2.05) is 24.6 Å². The lowest BCUT2D eigenvalue weighted by Gasteiger charge is -2.36. The number of amides is 3. The number of anilines is 1. The summed E-state index contributed by atoms with van der Waals surface area (Å²) < 4.78 is 7.76. The smallest absolute Gasteiger partial charge is 0.327 e. The molecule has 0 atom stereocenters. The van der Waals surface area contributed by atoms with Crippen LogP contribution in [0.25, 0.3) is 5.82 Å². The minimum atomic E-state index is -0.590. The Morgan fingerprint density at radius 3 is 2.61 bits per heavy atom. The van der Waals surface area contributed by atoms with Crippen molar-refractivity contribution in [2.45, 2.75) is 40.0 Å². The topological polar surface area (TPSA) is 111 Å². The summed E-state index contributed by atoms with van der Waals surface area (Å²) in [6.45, 7) is 5.55. The number of rotatable bonds is 5. The van der Waals surface area contributed by atoms with Gasteiger partial charge in [0.15, 0.2) is 0 Å². The second-order valence-corrected chi connectivity index (χ2v) is 7.98. The second kappa shape index (κ2) is 8.17. The van der Waals surface area contributed by atoms with Crippen molar-refractivity contribution in [2.24, 2.45) is 5.41 Å². The lowest BCUT2D eigenvalue weighted by Crippen LogP contribution is -2.47. The third-order valence-electron chi connectivity index (χ3n) is 5.43. The molecule has 3 aromatic rings. The molecule has 4 rings (SSSR count). The largest absolute Gasteiger partial charge is 0.455 e. The molecule has 0 aliphatic heterocycles. The minimum Gasteiger partial charge on any atom is -0.455 e. The lowest BCUT2D eigenvalue weighted by molar-refractivity contribution is -0.133. The van der Waals surface area contributed by atoms with E-state index in [1.54, 1.807) is 43.7 Å². The van der Waals surface area contributed by atoms with Crippen molar-refractivity contribution in [1.82, 2.24) is 24.8 Å². The Hall–Kier alpha value is -3.75. The van der Waals surface area contributed by atoms with Gasteiger partial charge < -0.3 is 4.74 Å². The zero-order valence-corrected chi connectivity index (χ0v) is 17.7. The van der Waals surface area contributed by atoms with Crippen LogP contribution < -0.4 is 15.4 Å². The van der Waals surface area contributed by atoms with Crippen LogP contribution in [-0.2, 0) is 4.79 Å². The van der Waals surface area contributed by atoms with Crippen LogP contribution >= 0.6 is 0 Å². The zero-order valence-electron chi connectivity index (χ0n) is 17.7. The van der Waals surface area contributed by atoms with E-state index in [2.05, 4.69) is 25.6 Å². The quantitative estimate of drug-likeness (QED) is 0.647. The van der Waals surface area contributed by atoms with Gasteiger partial charge in [-0.25, -0.2) is 19.7 Å². The molecule has 0 aromatic carbocycles. The summed E-state index contributed by atoms with van der Waals surface area (Å²) in [6.07, 6.45) is 7.83. The third-order valence-corrected chi connectivity index (χ3v) is 5.43. The molecule has 1 fully saturated rings. The summed E-state index contributed by atoms with van der Waals surface area (Å²) in [5.74, 6) is 1.90. The van der Waals surface area contributed by atoms with Gasteiger partial charge in [-0.3, -0.25) is 20.0 Å². The van der Waals surface area contributed by atoms with Crippen LogP contribution in [0.15, 0.2) is 43.0 Å². The standard InChI is InChI=1S/C22H24N6O3/c1-14-12-28(13-24-14)19-11-16(7-10-23-19)31-17-5-6-18(25-15(17)2)26-21(30)27-20(29)22(3)8-4-9-22/h5-7,10-13H,4,8-9H2,1-3H3,(H2,25,26,27,29,30). The maximum absolute atomic E-state index is 12.2. The Labute approximate surface area is 179 Å². The van der Waals surface area contributed by atoms with E-state index in [9.17, 15) is 9.59 Å². The van der Waals surface area contributed by atoms with Gasteiger partial charge in [-0.2, -0.15) is 0 Å². The molecule has 160 valence electrons. The molecule has 31 heavy (non-hydrogen) atoms. The van der Waals surface area contributed by atoms with Crippen LogP contribution in [0, 0.1) is 19.3 Å². The third kappa shape index (κ3) is 4.55. The molecule has 1 aliphatic rings. The summed E-state index contributed by atoms with van der Waals surface area (Å²) in [7, 11) is 0. The fourth-order valence-electron chi connectivity index (χ4n) is 3.34. The maximum Gasteiger partial charge on any atom is 0.327 e. The van der Waals surface area contributed by atoms with Gasteiger partial charge in [0.25, 0.3) is 0 Å². The highest BCUT2D eigenvalue weighted by Gasteiger charge is 2.39. The summed E-state index contributed by atoms with van der Waals surface area (Å²) in [5.41, 5.74) is 1.03. The molecule has 1 saturated carbocycles. The van der Waals surface area contributed by atoms with Crippen molar-refractivity contribution >= 4 is 17.8 Å². The van der Waals surface area contributed by atoms with Crippen molar-refractivity contribution in [3.05, 3.63) is 54.4 Å². The average molecular weight is 420 g/mol. The van der Waals surface area contributed by atoms with E-state index in [-0.39, 0.29) is 5.91 Å². The highest BCUT2D eigenvalue weighted by molar-refractivity contribution is 6.02. The monoisotopic (exact) mass is 420 g/mol. The van der Waals surface area contributed by atoms with E-state index in [0.29, 0.717) is 28.8 Å². The molecule has 0 unspecified atom stereocenters. The van der Waals surface area contributed by atoms with E-state index in [4.69, 9.17) is 4.74 Å². The number of nitrogens with zero attached hydrogens (tertiary/aromatic N) is 4. The van der Waals surface area contributed by atoms with E-state index in [0.717, 1.165) is 25.0 Å². The Bertz CT molecular complexity index is 1140. The molecule has 0 bridgehead atoms. The number of hydrogen-bond acceptors (Lipinski definition) is 6. The Morgan fingerprint density at radius 1 is 1.16 bits per heavy atom. The molecule has 3 aromatic heterocycles. The van der Waals surface area contributed by atoms with Crippen LogP contribution in [0.4, 0.5) is 10.6 Å². The van der Waals surface area contributed by atoms with E-state index in [1.165, 1.54) is 0 Å². The number of imidazole rings is 1. The first-order valence-electron chi connectivity index (χ1n) is 10.1. The number of carbonyl (C=O) groups is 2. The molecular weight excluding hydrogens is 396 g/mol. The molecule has 0 spiro atoms. The SMILES string of the molecule is Cc1cn(-c2cc(Oc3ccc(NC(=O)NC(=O)C4(C)CCC4)nc3C)ccn2)cn1. The highest BCUT2D eigenvalue weighted by atomic mass is 16.5. The fourth-order valence-corrected chi connectivity index (χ4v) is 3.34. The first-order valence-corrected chi connectivity index (χ1v) is 10.1. The summed E-state index contributed by atoms with van der Waals surface area (Å²) >= 11 is 0. The van der Waals surface area contributed by atoms with Crippen molar-refractivity contribution < 1.29 is 14.3 Å². The number of pyridine rings is 2. The number of urea groups is 1. The second-order valence-electron chi connectivity index (χ2n) is 7.98. The number of aromatic nitrogens is 4. The predicted octanol–water partition coefficient (Wildman–Crippen LogP) is 3.91. The average Bonchev–Trinajstić information content (AvgIpc) is 3.14. The molecule has 3 heterocycles. The normalized spacial score (nSPS) is 14.4. The Balaban J connectivity index is 1.41. The van der Waals surface area contributed by atoms with Gasteiger partial charge in [0, 0.05) is 23.9 Å². The summed E-state index contributed by atoms with van der Waals surface area (Å²) in [5, 5.41) is 4.99. The fraction of sp³-hybridized carbons (Fsp3) is 0.318. The molecule has 9 heteroatoms. The number of ether oxygens (including phenoxy) is 1. The first-order chi connectivity index (χ1) is 14.8. The van der Waals surface area contributed by atoms with Crippen LogP contribution in [0.3, 0.4) is 0 Å². The minimum absolute atomic E-state index is 0.255. The van der Waals surface area contributed by atoms with Gasteiger partial charge in [-0.15, -0.1) is 0 Å². The van der Waals surface area contributed by atoms with Crippen LogP contribution in [0.1, 0.15) is 37.6 Å². The van der Waals surface area contributed by atoms with Crippen molar-refractivity contribution in [1.29, 1.82) is 0 Å². The van der Waals surface area contributed by atoms with Crippen molar-refractivity contribution in [3.8, 4) is 17.3 Å². The number of hydrogen-bond donors (Lipinski definition) is 2. The molecule has 1 aliphatic carbocycles. The number of nitrogens with one attached hydrogen (secondary N) is 2. The molecule has 9 nitrogen and oxygen atoms in total. The van der Waals surface area contributed by atoms with Crippen LogP contribution in [0.5, 0.6) is 11.5 Å². The van der Waals surface area contributed by atoms with Crippen LogP contribution in [-0.4, -0.2) is 31.5 Å². The molecular formula is C22H24N6O3. The van der Waals surface area contributed by atoms with Gasteiger partial charge in [0.05, 0.1) is 11.4 Å². The number of aryl methyl sites for hydroxylation is 2. The zero-order chi connectivity index (χ0) is 22.0. The van der Waals surface area contributed by atoms with E-state index < -0.39 is 11.4 Å². The van der Waals surface area contributed by atoms with Crippen molar-refractivity contribution in [2.75, 3.05) is 5.32 Å².